The largest absolute Gasteiger partial charge is 0.354 e. The molecule has 2 aromatic rings. The number of amides is 1. The summed E-state index contributed by atoms with van der Waals surface area (Å²) in [5, 5.41) is 6.24. The van der Waals surface area contributed by atoms with E-state index in [4.69, 9.17) is 0 Å². The highest BCUT2D eigenvalue weighted by Crippen LogP contribution is 2.29. The van der Waals surface area contributed by atoms with Gasteiger partial charge in [-0.05, 0) is 61.1 Å². The second kappa shape index (κ2) is 8.72. The lowest BCUT2D eigenvalue weighted by molar-refractivity contribution is 0.0950. The van der Waals surface area contributed by atoms with Crippen LogP contribution in [0.25, 0.3) is 0 Å². The van der Waals surface area contributed by atoms with E-state index in [2.05, 4.69) is 43.7 Å². The molecule has 3 aliphatic rings. The molecule has 158 valence electrons. The topological polar surface area (TPSA) is 70.2 Å². The molecule has 2 N–H and O–H groups in total. The summed E-state index contributed by atoms with van der Waals surface area (Å²) in [6.45, 7) is 3.79. The van der Waals surface area contributed by atoms with Crippen LogP contribution in [0.3, 0.4) is 0 Å². The average molecular weight is 406 g/mol. The van der Waals surface area contributed by atoms with E-state index in [-0.39, 0.29) is 5.91 Å². The number of hydrogen-bond acceptors (Lipinski definition) is 5. The molecule has 2 aliphatic carbocycles. The molecule has 2 fully saturated rings. The minimum Gasteiger partial charge on any atom is -0.354 e. The molecule has 6 nitrogen and oxygen atoms in total. The molecule has 0 unspecified atom stereocenters. The molecule has 6 heteroatoms. The molecule has 0 spiro atoms. The molecule has 0 atom stereocenters. The summed E-state index contributed by atoms with van der Waals surface area (Å²) in [5.74, 6) is 1.23. The average Bonchev–Trinajstić information content (AvgIpc) is 3.57. The number of carbonyl (C=O) groups excluding carboxylic acids is 1. The first-order chi connectivity index (χ1) is 14.7. The van der Waals surface area contributed by atoms with Crippen molar-refractivity contribution in [1.29, 1.82) is 0 Å². The Kier molecular flexibility index (Phi) is 5.67. The predicted molar refractivity (Wildman–Crippen MR) is 117 cm³/mol. The minimum absolute atomic E-state index is 0.130. The van der Waals surface area contributed by atoms with Crippen LogP contribution in [0.15, 0.2) is 30.6 Å². The number of fused-ring (bicyclic) bond motifs is 1. The Labute approximate surface area is 178 Å². The van der Waals surface area contributed by atoms with E-state index in [0.717, 1.165) is 43.5 Å². The smallest absolute Gasteiger partial charge is 0.254 e. The van der Waals surface area contributed by atoms with Gasteiger partial charge in [-0.15, -0.1) is 0 Å². The van der Waals surface area contributed by atoms with Gasteiger partial charge >= 0.3 is 0 Å². The number of benzene rings is 1. The molecule has 2 heterocycles. The maximum atomic E-state index is 12.5. The molecular formula is C24H31N5O. The molecule has 1 aliphatic heterocycles. The maximum absolute atomic E-state index is 12.5. The highest BCUT2D eigenvalue weighted by Gasteiger charge is 2.26. The Morgan fingerprint density at radius 2 is 1.80 bits per heavy atom. The van der Waals surface area contributed by atoms with Crippen molar-refractivity contribution in [3.05, 3.63) is 52.8 Å². The Hall–Kier alpha value is -2.47. The molecule has 1 aromatic heterocycles. The molecule has 5 rings (SSSR count). The zero-order chi connectivity index (χ0) is 20.3. The van der Waals surface area contributed by atoms with Crippen LogP contribution < -0.4 is 10.6 Å². The van der Waals surface area contributed by atoms with Crippen LogP contribution in [0.1, 0.15) is 59.2 Å². The van der Waals surface area contributed by atoms with Crippen LogP contribution >= 0.6 is 0 Å². The lowest BCUT2D eigenvalue weighted by atomic mass is 9.91. The number of rotatable bonds is 7. The van der Waals surface area contributed by atoms with Gasteiger partial charge in [0.2, 0.25) is 5.95 Å². The van der Waals surface area contributed by atoms with Crippen molar-refractivity contribution in [2.24, 2.45) is 5.92 Å². The molecule has 30 heavy (non-hydrogen) atoms. The molecule has 0 bridgehead atoms. The van der Waals surface area contributed by atoms with Crippen LogP contribution in [-0.4, -0.2) is 46.5 Å². The highest BCUT2D eigenvalue weighted by molar-refractivity contribution is 5.93. The zero-order valence-corrected chi connectivity index (χ0v) is 17.6. The SMILES string of the molecule is O=C(NCc1ccc2c(c1)CCN(C1CCC1)CC2)c1cnc(NCC2CC2)nc1. The minimum atomic E-state index is -0.130. The van der Waals surface area contributed by atoms with Crippen LogP contribution in [0.2, 0.25) is 0 Å². The van der Waals surface area contributed by atoms with Gasteiger partial charge in [-0.3, -0.25) is 9.69 Å². The standard InChI is InChI=1S/C24H31N5O/c30-23(21-15-27-24(28-16-21)26-13-17-4-5-17)25-14-18-6-7-19-8-10-29(22-2-1-3-22)11-9-20(19)12-18/h6-7,12,15-17,22H,1-5,8-11,13-14H2,(H,25,30)(H,26,27,28). The van der Waals surface area contributed by atoms with Crippen molar-refractivity contribution in [3.63, 3.8) is 0 Å². The van der Waals surface area contributed by atoms with Gasteiger partial charge in [0.05, 0.1) is 5.56 Å². The normalized spacial score (nSPS) is 19.5. The lowest BCUT2D eigenvalue weighted by Gasteiger charge is -2.36. The Morgan fingerprint density at radius 1 is 1.03 bits per heavy atom. The number of anilines is 1. The summed E-state index contributed by atoms with van der Waals surface area (Å²) < 4.78 is 0. The molecule has 0 radical (unpaired) electrons. The molecule has 1 amide bonds. The fraction of sp³-hybridized carbons (Fsp3) is 0.542. The van der Waals surface area contributed by atoms with Crippen molar-refractivity contribution in [2.75, 3.05) is 25.0 Å². The van der Waals surface area contributed by atoms with Gasteiger partial charge in [0.1, 0.15) is 0 Å². The summed E-state index contributed by atoms with van der Waals surface area (Å²) in [6.07, 6.45) is 12.2. The first kappa shape index (κ1) is 19.5. The van der Waals surface area contributed by atoms with Crippen molar-refractivity contribution < 1.29 is 4.79 Å². The van der Waals surface area contributed by atoms with E-state index in [9.17, 15) is 4.79 Å². The van der Waals surface area contributed by atoms with Crippen molar-refractivity contribution in [2.45, 2.75) is 57.5 Å². The van der Waals surface area contributed by atoms with E-state index in [1.165, 1.54) is 49.8 Å². The van der Waals surface area contributed by atoms with E-state index < -0.39 is 0 Å². The summed E-state index contributed by atoms with van der Waals surface area (Å²) in [5.41, 5.74) is 4.56. The second-order valence-electron chi connectivity index (χ2n) is 9.03. The van der Waals surface area contributed by atoms with E-state index in [0.29, 0.717) is 18.1 Å². The third-order valence-electron chi connectivity index (χ3n) is 6.81. The van der Waals surface area contributed by atoms with Gasteiger partial charge in [-0.1, -0.05) is 24.6 Å². The summed E-state index contributed by atoms with van der Waals surface area (Å²) >= 11 is 0. The first-order valence-electron chi connectivity index (χ1n) is 11.4. The van der Waals surface area contributed by atoms with Gasteiger partial charge in [0.25, 0.3) is 5.91 Å². The van der Waals surface area contributed by atoms with Crippen LogP contribution in [0, 0.1) is 5.92 Å². The van der Waals surface area contributed by atoms with Crippen molar-refractivity contribution in [3.8, 4) is 0 Å². The molecule has 2 saturated carbocycles. The Balaban J connectivity index is 1.14. The first-order valence-corrected chi connectivity index (χ1v) is 11.4. The summed E-state index contributed by atoms with van der Waals surface area (Å²) in [4.78, 5) is 23.7. The second-order valence-corrected chi connectivity index (χ2v) is 9.03. The van der Waals surface area contributed by atoms with Crippen molar-refractivity contribution in [1.82, 2.24) is 20.2 Å². The third kappa shape index (κ3) is 4.64. The van der Waals surface area contributed by atoms with Gasteiger partial charge in [0, 0.05) is 44.6 Å². The number of nitrogens with one attached hydrogen (secondary N) is 2. The third-order valence-corrected chi connectivity index (χ3v) is 6.81. The Morgan fingerprint density at radius 3 is 2.50 bits per heavy atom. The maximum Gasteiger partial charge on any atom is 0.254 e. The number of carbonyl (C=O) groups is 1. The number of hydrogen-bond donors (Lipinski definition) is 2. The molecule has 1 aromatic carbocycles. The highest BCUT2D eigenvalue weighted by atomic mass is 16.1. The number of nitrogens with zero attached hydrogens (tertiary/aromatic N) is 3. The molecule has 0 saturated heterocycles. The fourth-order valence-corrected chi connectivity index (χ4v) is 4.40. The zero-order valence-electron chi connectivity index (χ0n) is 17.6. The van der Waals surface area contributed by atoms with Crippen LogP contribution in [0.4, 0.5) is 5.95 Å². The van der Waals surface area contributed by atoms with Crippen LogP contribution in [-0.2, 0) is 19.4 Å². The van der Waals surface area contributed by atoms with E-state index >= 15 is 0 Å². The van der Waals surface area contributed by atoms with Crippen LogP contribution in [0.5, 0.6) is 0 Å². The summed E-state index contributed by atoms with van der Waals surface area (Å²) in [7, 11) is 0. The van der Waals surface area contributed by atoms with Crippen molar-refractivity contribution >= 4 is 11.9 Å². The quantitative estimate of drug-likeness (QED) is 0.740. The van der Waals surface area contributed by atoms with Gasteiger partial charge in [-0.2, -0.15) is 0 Å². The monoisotopic (exact) mass is 405 g/mol. The van der Waals surface area contributed by atoms with Gasteiger partial charge < -0.3 is 10.6 Å². The summed E-state index contributed by atoms with van der Waals surface area (Å²) in [6, 6.07) is 7.50. The number of aromatic nitrogens is 2. The van der Waals surface area contributed by atoms with Gasteiger partial charge in [-0.25, -0.2) is 9.97 Å². The van der Waals surface area contributed by atoms with E-state index in [1.807, 2.05) is 0 Å². The fourth-order valence-electron chi connectivity index (χ4n) is 4.40. The predicted octanol–water partition coefficient (Wildman–Crippen LogP) is 3.18. The molecular weight excluding hydrogens is 374 g/mol. The van der Waals surface area contributed by atoms with Gasteiger partial charge in [0.15, 0.2) is 0 Å². The Bertz CT molecular complexity index is 889. The van der Waals surface area contributed by atoms with E-state index in [1.54, 1.807) is 12.4 Å². The lowest BCUT2D eigenvalue weighted by Crippen LogP contribution is -2.41.